The van der Waals surface area contributed by atoms with Crippen LogP contribution in [0.1, 0.15) is 5.56 Å². The van der Waals surface area contributed by atoms with E-state index < -0.39 is 11.6 Å². The summed E-state index contributed by atoms with van der Waals surface area (Å²) in [5.74, 6) is -1.44. The normalized spacial score (nSPS) is 9.27. The average Bonchev–Trinajstić information content (AvgIpc) is 1.97. The zero-order valence-electron chi connectivity index (χ0n) is 5.31. The minimum absolute atomic E-state index is 0.0958. The van der Waals surface area contributed by atoms with Crippen molar-refractivity contribution < 1.29 is 8.78 Å². The molecule has 0 unspecified atom stereocenters. The molecular formula is C7H3F2NS. The zero-order chi connectivity index (χ0) is 8.43. The fraction of sp³-hybridized carbons (Fsp3) is 0. The maximum atomic E-state index is 12.6. The Kier molecular flexibility index (Phi) is 2.11. The van der Waals surface area contributed by atoms with Gasteiger partial charge in [-0.15, -0.1) is 12.6 Å². The van der Waals surface area contributed by atoms with Crippen molar-refractivity contribution in [3.05, 3.63) is 29.3 Å². The van der Waals surface area contributed by atoms with Gasteiger partial charge in [0.25, 0.3) is 0 Å². The number of nitrogens with zero attached hydrogens (tertiary/aromatic N) is 1. The molecule has 0 radical (unpaired) electrons. The Bertz CT molecular complexity index is 330. The second-order valence-electron chi connectivity index (χ2n) is 1.90. The second kappa shape index (κ2) is 2.89. The molecule has 0 aliphatic heterocycles. The van der Waals surface area contributed by atoms with E-state index in [0.717, 1.165) is 12.1 Å². The first-order chi connectivity index (χ1) is 5.15. The summed E-state index contributed by atoms with van der Waals surface area (Å²) in [5, 5.41) is 8.25. The Morgan fingerprint density at radius 3 is 2.45 bits per heavy atom. The van der Waals surface area contributed by atoms with E-state index in [0.29, 0.717) is 0 Å². The number of benzene rings is 1. The Hall–Kier alpha value is -1.08. The van der Waals surface area contributed by atoms with Gasteiger partial charge in [0.05, 0.1) is 5.56 Å². The van der Waals surface area contributed by atoms with Gasteiger partial charge in [0.1, 0.15) is 17.7 Å². The average molecular weight is 171 g/mol. The summed E-state index contributed by atoms with van der Waals surface area (Å²) in [6.45, 7) is 0. The molecule has 0 aliphatic rings. The van der Waals surface area contributed by atoms with Crippen LogP contribution < -0.4 is 0 Å². The summed E-state index contributed by atoms with van der Waals surface area (Å²) in [7, 11) is 0. The first-order valence-corrected chi connectivity index (χ1v) is 3.18. The molecule has 1 rings (SSSR count). The van der Waals surface area contributed by atoms with Gasteiger partial charge < -0.3 is 0 Å². The van der Waals surface area contributed by atoms with Crippen LogP contribution in [0.25, 0.3) is 0 Å². The highest BCUT2D eigenvalue weighted by atomic mass is 32.1. The molecule has 0 amide bonds. The van der Waals surface area contributed by atoms with Crippen molar-refractivity contribution in [1.82, 2.24) is 0 Å². The number of halogens is 2. The van der Waals surface area contributed by atoms with Crippen LogP contribution >= 0.6 is 12.6 Å². The van der Waals surface area contributed by atoms with Crippen molar-refractivity contribution >= 4 is 12.6 Å². The standard InChI is InChI=1S/C7H3F2NS/c8-5-2-7(11)6(9)1-4(5)3-10/h1-2,11H. The summed E-state index contributed by atoms with van der Waals surface area (Å²) in [4.78, 5) is -0.0958. The molecule has 0 saturated carbocycles. The molecule has 1 aromatic rings. The Balaban J connectivity index is 3.35. The van der Waals surface area contributed by atoms with Crippen molar-refractivity contribution in [1.29, 1.82) is 5.26 Å². The van der Waals surface area contributed by atoms with E-state index in [9.17, 15) is 8.78 Å². The molecule has 0 saturated heterocycles. The molecule has 0 aromatic heterocycles. The minimum Gasteiger partial charge on any atom is -0.206 e. The lowest BCUT2D eigenvalue weighted by molar-refractivity contribution is 0.575. The van der Waals surface area contributed by atoms with E-state index in [4.69, 9.17) is 5.26 Å². The Morgan fingerprint density at radius 2 is 1.91 bits per heavy atom. The van der Waals surface area contributed by atoms with Gasteiger partial charge in [-0.3, -0.25) is 0 Å². The highest BCUT2D eigenvalue weighted by Crippen LogP contribution is 2.16. The third-order valence-electron chi connectivity index (χ3n) is 1.16. The van der Waals surface area contributed by atoms with Crippen LogP contribution in [-0.4, -0.2) is 0 Å². The summed E-state index contributed by atoms with van der Waals surface area (Å²) < 4.78 is 25.1. The highest BCUT2D eigenvalue weighted by Gasteiger charge is 2.05. The monoisotopic (exact) mass is 171 g/mol. The topological polar surface area (TPSA) is 23.8 Å². The minimum atomic E-state index is -0.751. The van der Waals surface area contributed by atoms with Gasteiger partial charge in [0.2, 0.25) is 0 Å². The molecular weight excluding hydrogens is 168 g/mol. The van der Waals surface area contributed by atoms with Crippen LogP contribution in [0.2, 0.25) is 0 Å². The van der Waals surface area contributed by atoms with Crippen LogP contribution in [0.15, 0.2) is 17.0 Å². The third kappa shape index (κ3) is 1.49. The third-order valence-corrected chi connectivity index (χ3v) is 1.50. The lowest BCUT2D eigenvalue weighted by Gasteiger charge is -1.95. The van der Waals surface area contributed by atoms with Crippen LogP contribution in [0.3, 0.4) is 0 Å². The Labute approximate surface area is 67.7 Å². The van der Waals surface area contributed by atoms with E-state index in [-0.39, 0.29) is 10.5 Å². The van der Waals surface area contributed by atoms with Crippen molar-refractivity contribution in [3.63, 3.8) is 0 Å². The Morgan fingerprint density at radius 1 is 1.27 bits per heavy atom. The summed E-state index contributed by atoms with van der Waals surface area (Å²) in [6, 6.07) is 3.20. The van der Waals surface area contributed by atoms with Gasteiger partial charge in [-0.2, -0.15) is 5.26 Å². The summed E-state index contributed by atoms with van der Waals surface area (Å²) in [6.07, 6.45) is 0. The second-order valence-corrected chi connectivity index (χ2v) is 2.38. The van der Waals surface area contributed by atoms with Crippen LogP contribution in [0.4, 0.5) is 8.78 Å². The molecule has 1 nitrogen and oxygen atoms in total. The fourth-order valence-corrected chi connectivity index (χ4v) is 0.800. The first kappa shape index (κ1) is 8.02. The lowest BCUT2D eigenvalue weighted by Crippen LogP contribution is -1.87. The smallest absolute Gasteiger partial charge is 0.142 e. The van der Waals surface area contributed by atoms with E-state index >= 15 is 0 Å². The van der Waals surface area contributed by atoms with Gasteiger partial charge >= 0.3 is 0 Å². The summed E-state index contributed by atoms with van der Waals surface area (Å²) >= 11 is 3.63. The number of hydrogen-bond acceptors (Lipinski definition) is 2. The maximum Gasteiger partial charge on any atom is 0.142 e. The molecule has 1 aromatic carbocycles. The molecule has 11 heavy (non-hydrogen) atoms. The molecule has 4 heteroatoms. The van der Waals surface area contributed by atoms with Crippen molar-refractivity contribution in [2.45, 2.75) is 4.90 Å². The summed E-state index contributed by atoms with van der Waals surface area (Å²) in [5.41, 5.74) is -0.305. The van der Waals surface area contributed by atoms with Gasteiger partial charge in [0, 0.05) is 4.90 Å². The van der Waals surface area contributed by atoms with Crippen molar-refractivity contribution in [3.8, 4) is 6.07 Å². The largest absolute Gasteiger partial charge is 0.206 e. The number of rotatable bonds is 0. The zero-order valence-corrected chi connectivity index (χ0v) is 6.20. The van der Waals surface area contributed by atoms with Crippen molar-refractivity contribution in [2.75, 3.05) is 0 Å². The number of nitriles is 1. The van der Waals surface area contributed by atoms with E-state index in [1.54, 1.807) is 0 Å². The molecule has 0 atom stereocenters. The van der Waals surface area contributed by atoms with E-state index in [1.807, 2.05) is 0 Å². The fourth-order valence-electron chi connectivity index (χ4n) is 0.622. The SMILES string of the molecule is N#Cc1cc(F)c(S)cc1F. The van der Waals surface area contributed by atoms with Crippen LogP contribution in [-0.2, 0) is 0 Å². The van der Waals surface area contributed by atoms with Gasteiger partial charge in [-0.1, -0.05) is 0 Å². The maximum absolute atomic E-state index is 12.6. The van der Waals surface area contributed by atoms with Crippen LogP contribution in [0, 0.1) is 23.0 Å². The predicted octanol–water partition coefficient (Wildman–Crippen LogP) is 2.13. The molecule has 0 bridgehead atoms. The van der Waals surface area contributed by atoms with Crippen LogP contribution in [0.5, 0.6) is 0 Å². The van der Waals surface area contributed by atoms with E-state index in [2.05, 4.69) is 12.6 Å². The quantitative estimate of drug-likeness (QED) is 0.594. The highest BCUT2D eigenvalue weighted by molar-refractivity contribution is 7.80. The molecule has 56 valence electrons. The van der Waals surface area contributed by atoms with Gasteiger partial charge in [-0.05, 0) is 12.1 Å². The molecule has 0 heterocycles. The number of thiol groups is 1. The lowest BCUT2D eigenvalue weighted by atomic mass is 10.2. The molecule has 0 spiro atoms. The molecule has 0 aliphatic carbocycles. The predicted molar refractivity (Wildman–Crippen MR) is 38.3 cm³/mol. The van der Waals surface area contributed by atoms with E-state index in [1.165, 1.54) is 6.07 Å². The molecule has 0 N–H and O–H groups in total. The van der Waals surface area contributed by atoms with Gasteiger partial charge in [0.15, 0.2) is 0 Å². The van der Waals surface area contributed by atoms with Gasteiger partial charge in [-0.25, -0.2) is 8.78 Å². The number of hydrogen-bond donors (Lipinski definition) is 1. The molecule has 0 fully saturated rings. The first-order valence-electron chi connectivity index (χ1n) is 2.73. The van der Waals surface area contributed by atoms with Crippen molar-refractivity contribution in [2.24, 2.45) is 0 Å².